The molecule has 0 amide bonds. The molecule has 0 saturated heterocycles. The minimum absolute atomic E-state index is 0.0185. The van der Waals surface area contributed by atoms with Crippen LogP contribution in [-0.2, 0) is 9.84 Å². The molecule has 0 aliphatic heterocycles. The van der Waals surface area contributed by atoms with Gasteiger partial charge in [0.2, 0.25) is 26.6 Å². The highest BCUT2D eigenvalue weighted by Gasteiger charge is 2.29. The molecule has 4 rings (SSSR count). The SMILES string of the molecule is Cc1ccc(Nc2oc(-c3ccccc3F)nc2S(=O)(=O)c2ccc(F)cc2)cc1. The Morgan fingerprint density at radius 3 is 2.23 bits per heavy atom. The van der Waals surface area contributed by atoms with Crippen molar-refractivity contribution in [2.75, 3.05) is 5.32 Å². The zero-order valence-electron chi connectivity index (χ0n) is 15.8. The Hall–Kier alpha value is -3.52. The Balaban J connectivity index is 1.85. The van der Waals surface area contributed by atoms with E-state index in [-0.39, 0.29) is 22.2 Å². The lowest BCUT2D eigenvalue weighted by Gasteiger charge is -2.06. The van der Waals surface area contributed by atoms with Gasteiger partial charge >= 0.3 is 0 Å². The molecule has 0 unspecified atom stereocenters. The number of hydrogen-bond donors (Lipinski definition) is 1. The quantitative estimate of drug-likeness (QED) is 0.427. The van der Waals surface area contributed by atoms with Crippen molar-refractivity contribution in [3.63, 3.8) is 0 Å². The van der Waals surface area contributed by atoms with Gasteiger partial charge in [-0.1, -0.05) is 29.8 Å². The number of oxazole rings is 1. The predicted molar refractivity (Wildman–Crippen MR) is 108 cm³/mol. The van der Waals surface area contributed by atoms with Gasteiger partial charge in [0.15, 0.2) is 0 Å². The molecule has 0 aliphatic rings. The van der Waals surface area contributed by atoms with E-state index in [1.165, 1.54) is 18.2 Å². The maximum Gasteiger partial charge on any atom is 0.238 e. The van der Waals surface area contributed by atoms with Gasteiger partial charge < -0.3 is 9.73 Å². The van der Waals surface area contributed by atoms with Crippen LogP contribution < -0.4 is 5.32 Å². The fourth-order valence-electron chi connectivity index (χ4n) is 2.81. The molecule has 0 spiro atoms. The lowest BCUT2D eigenvalue weighted by atomic mass is 10.2. The number of sulfone groups is 1. The van der Waals surface area contributed by atoms with Gasteiger partial charge in [0.1, 0.15) is 11.6 Å². The van der Waals surface area contributed by atoms with Gasteiger partial charge in [-0.3, -0.25) is 0 Å². The van der Waals surface area contributed by atoms with Crippen molar-refractivity contribution in [2.45, 2.75) is 16.8 Å². The van der Waals surface area contributed by atoms with Crippen LogP contribution in [0.3, 0.4) is 0 Å². The second-order valence-electron chi connectivity index (χ2n) is 6.58. The third kappa shape index (κ3) is 3.81. The minimum atomic E-state index is -4.17. The maximum absolute atomic E-state index is 14.2. The van der Waals surface area contributed by atoms with Gasteiger partial charge in [0, 0.05) is 5.69 Å². The molecule has 0 aliphatic carbocycles. The lowest BCUT2D eigenvalue weighted by Crippen LogP contribution is -2.05. The summed E-state index contributed by atoms with van der Waals surface area (Å²) in [6.45, 7) is 1.92. The molecule has 1 aromatic heterocycles. The van der Waals surface area contributed by atoms with E-state index < -0.39 is 26.5 Å². The Morgan fingerprint density at radius 2 is 1.57 bits per heavy atom. The predicted octanol–water partition coefficient (Wildman–Crippen LogP) is 5.50. The van der Waals surface area contributed by atoms with Gasteiger partial charge in [-0.05, 0) is 55.5 Å². The van der Waals surface area contributed by atoms with E-state index in [4.69, 9.17) is 4.42 Å². The summed E-state index contributed by atoms with van der Waals surface area (Å²) in [7, 11) is -4.17. The molecule has 5 nitrogen and oxygen atoms in total. The summed E-state index contributed by atoms with van der Waals surface area (Å²) in [5.41, 5.74) is 1.60. The number of aromatic nitrogens is 1. The lowest BCUT2D eigenvalue weighted by molar-refractivity contribution is 0.572. The highest BCUT2D eigenvalue weighted by Crippen LogP contribution is 2.34. The van der Waals surface area contributed by atoms with Crippen LogP contribution >= 0.6 is 0 Å². The summed E-state index contributed by atoms with van der Waals surface area (Å²) in [6.07, 6.45) is 0. The fraction of sp³-hybridized carbons (Fsp3) is 0.0455. The van der Waals surface area contributed by atoms with Gasteiger partial charge in [0.25, 0.3) is 0 Å². The summed E-state index contributed by atoms with van der Waals surface area (Å²) in [5, 5.41) is 2.47. The third-order valence-corrected chi connectivity index (χ3v) is 6.07. The first-order chi connectivity index (χ1) is 14.3. The van der Waals surface area contributed by atoms with Crippen LogP contribution in [0.15, 0.2) is 87.1 Å². The number of benzene rings is 3. The number of aryl methyl sites for hydroxylation is 1. The summed E-state index contributed by atoms with van der Waals surface area (Å²) < 4.78 is 59.5. The summed E-state index contributed by atoms with van der Waals surface area (Å²) in [5.74, 6) is -1.53. The molecule has 0 atom stereocenters. The standard InChI is InChI=1S/C22H16F2N2O3S/c1-14-6-10-16(11-7-14)25-21-22(30(27,28)17-12-8-15(23)9-13-17)26-20(29-21)18-4-2-3-5-19(18)24/h2-13,25H,1H3. The monoisotopic (exact) mass is 426 g/mol. The molecule has 0 saturated carbocycles. The number of rotatable bonds is 5. The van der Waals surface area contributed by atoms with Crippen molar-refractivity contribution in [3.8, 4) is 11.5 Å². The van der Waals surface area contributed by atoms with Gasteiger partial charge in [-0.25, -0.2) is 17.2 Å². The summed E-state index contributed by atoms with van der Waals surface area (Å²) >= 11 is 0. The van der Waals surface area contributed by atoms with Crippen LogP contribution in [0, 0.1) is 18.6 Å². The second kappa shape index (κ2) is 7.72. The smallest absolute Gasteiger partial charge is 0.238 e. The van der Waals surface area contributed by atoms with Crippen molar-refractivity contribution >= 4 is 21.4 Å². The molecule has 1 heterocycles. The van der Waals surface area contributed by atoms with Crippen molar-refractivity contribution in [3.05, 3.63) is 90.0 Å². The number of nitrogens with one attached hydrogen (secondary N) is 1. The molecule has 8 heteroatoms. The van der Waals surface area contributed by atoms with Gasteiger partial charge in [0.05, 0.1) is 10.5 Å². The first kappa shape index (κ1) is 19.8. The van der Waals surface area contributed by atoms with Crippen molar-refractivity contribution in [1.82, 2.24) is 4.98 Å². The number of halogens is 2. The zero-order valence-corrected chi connectivity index (χ0v) is 16.6. The van der Waals surface area contributed by atoms with E-state index in [9.17, 15) is 17.2 Å². The Labute approximate surface area is 171 Å². The van der Waals surface area contributed by atoms with Crippen molar-refractivity contribution in [1.29, 1.82) is 0 Å². The first-order valence-electron chi connectivity index (χ1n) is 8.95. The van der Waals surface area contributed by atoms with Gasteiger partial charge in [-0.2, -0.15) is 4.98 Å². The average molecular weight is 426 g/mol. The first-order valence-corrected chi connectivity index (χ1v) is 10.4. The zero-order chi connectivity index (χ0) is 21.3. The Kier molecular flexibility index (Phi) is 5.09. The molecule has 152 valence electrons. The normalized spacial score (nSPS) is 11.4. The Morgan fingerprint density at radius 1 is 0.900 bits per heavy atom. The fourth-order valence-corrected chi connectivity index (χ4v) is 4.07. The van der Waals surface area contributed by atoms with Gasteiger partial charge in [-0.15, -0.1) is 0 Å². The Bertz CT molecular complexity index is 1300. The largest absolute Gasteiger partial charge is 0.419 e. The molecule has 4 aromatic rings. The van der Waals surface area contributed by atoms with E-state index >= 15 is 0 Å². The van der Waals surface area contributed by atoms with E-state index in [2.05, 4.69) is 10.3 Å². The van der Waals surface area contributed by atoms with Crippen LogP contribution in [0.25, 0.3) is 11.5 Å². The minimum Gasteiger partial charge on any atom is -0.419 e. The number of nitrogens with zero attached hydrogens (tertiary/aromatic N) is 1. The third-order valence-electron chi connectivity index (χ3n) is 4.39. The van der Waals surface area contributed by atoms with Crippen LogP contribution in [-0.4, -0.2) is 13.4 Å². The number of anilines is 2. The topological polar surface area (TPSA) is 72.2 Å². The average Bonchev–Trinajstić information content (AvgIpc) is 3.15. The maximum atomic E-state index is 14.2. The van der Waals surface area contributed by atoms with Crippen LogP contribution in [0.1, 0.15) is 5.56 Å². The number of hydrogen-bond acceptors (Lipinski definition) is 5. The second-order valence-corrected chi connectivity index (χ2v) is 8.45. The van der Waals surface area contributed by atoms with E-state index in [0.29, 0.717) is 5.69 Å². The molecule has 1 N–H and O–H groups in total. The summed E-state index contributed by atoms with van der Waals surface area (Å²) in [6, 6.07) is 17.3. The summed E-state index contributed by atoms with van der Waals surface area (Å²) in [4.78, 5) is 3.91. The van der Waals surface area contributed by atoms with E-state index in [1.807, 2.05) is 19.1 Å². The highest BCUT2D eigenvalue weighted by molar-refractivity contribution is 7.91. The molecule has 0 radical (unpaired) electrons. The highest BCUT2D eigenvalue weighted by atomic mass is 32.2. The van der Waals surface area contributed by atoms with Crippen LogP contribution in [0.5, 0.6) is 0 Å². The molecule has 30 heavy (non-hydrogen) atoms. The van der Waals surface area contributed by atoms with Crippen LogP contribution in [0.4, 0.5) is 20.4 Å². The van der Waals surface area contributed by atoms with E-state index in [1.54, 1.807) is 18.2 Å². The van der Waals surface area contributed by atoms with Crippen LogP contribution in [0.2, 0.25) is 0 Å². The molecule has 0 fully saturated rings. The molecular weight excluding hydrogens is 410 g/mol. The van der Waals surface area contributed by atoms with Crippen molar-refractivity contribution in [2.24, 2.45) is 0 Å². The molecule has 0 bridgehead atoms. The molecular formula is C22H16F2N2O3S. The van der Waals surface area contributed by atoms with Crippen molar-refractivity contribution < 1.29 is 21.6 Å². The molecule has 3 aromatic carbocycles. The van der Waals surface area contributed by atoms with E-state index in [0.717, 1.165) is 29.8 Å².